The van der Waals surface area contributed by atoms with Gasteiger partial charge in [0.1, 0.15) is 42.1 Å². The van der Waals surface area contributed by atoms with E-state index < -0.39 is 35.4 Å². The van der Waals surface area contributed by atoms with Gasteiger partial charge < -0.3 is 25.0 Å². The van der Waals surface area contributed by atoms with Gasteiger partial charge in [0.25, 0.3) is 0 Å². The van der Waals surface area contributed by atoms with E-state index in [2.05, 4.69) is 62.0 Å². The molecule has 2 heterocycles. The molecule has 4 N–H and O–H groups in total. The number of nitrogens with one attached hydrogen (secondary N) is 2. The maximum absolute atomic E-state index is 13.6. The first-order chi connectivity index (χ1) is 34.2. The number of carbonyl (C=O) groups is 4. The molecule has 0 saturated heterocycles. The molecule has 22 heteroatoms. The van der Waals surface area contributed by atoms with Crippen LogP contribution in [0.15, 0.2) is 109 Å². The highest BCUT2D eigenvalue weighted by Crippen LogP contribution is 2.23. The van der Waals surface area contributed by atoms with Crippen LogP contribution in [0.5, 0.6) is 0 Å². The van der Waals surface area contributed by atoms with Crippen molar-refractivity contribution in [1.82, 2.24) is 19.8 Å². The van der Waals surface area contributed by atoms with Crippen LogP contribution in [0.2, 0.25) is 29.7 Å². The Morgan fingerprint density at radius 2 is 1.05 bits per heavy atom. The number of hydrogen-bond donors (Lipinski definition) is 3. The van der Waals surface area contributed by atoms with Crippen molar-refractivity contribution in [2.24, 2.45) is 5.73 Å². The van der Waals surface area contributed by atoms with Crippen LogP contribution in [0.25, 0.3) is 21.5 Å². The lowest BCUT2D eigenvalue weighted by Crippen LogP contribution is -2.45. The Kier molecular flexibility index (Phi) is 30.9. The number of ether oxygens (including phenoxy) is 2. The van der Waals surface area contributed by atoms with Crippen molar-refractivity contribution in [1.29, 1.82) is 5.26 Å². The number of fused-ring (bicyclic) bond motifs is 2. The molecule has 2 atom stereocenters. The Bertz CT molecular complexity index is 2620. The molecule has 0 unspecified atom stereocenters. The summed E-state index contributed by atoms with van der Waals surface area (Å²) in [5, 5.41) is 16.4. The number of benzene rings is 4. The van der Waals surface area contributed by atoms with Crippen LogP contribution in [0, 0.1) is 23.0 Å². The summed E-state index contributed by atoms with van der Waals surface area (Å²) < 4.78 is 37.7. The van der Waals surface area contributed by atoms with Crippen molar-refractivity contribution in [3.63, 3.8) is 0 Å². The normalized spacial score (nSPS) is 11.1. The molecular formula is C52H65Cl2F2IN8O6S2Si. The number of nitriles is 1. The molecule has 0 bridgehead atoms. The first-order valence-electron chi connectivity index (χ1n) is 22.8. The maximum Gasteiger partial charge on any atom is 0.412 e. The number of nitrogens with zero attached hydrogens (tertiary/aromatic N) is 5. The Balaban J connectivity index is 0.000000631. The van der Waals surface area contributed by atoms with Crippen molar-refractivity contribution < 1.29 is 37.4 Å². The molecule has 6 rings (SSSR count). The Morgan fingerprint density at radius 3 is 1.42 bits per heavy atom. The van der Waals surface area contributed by atoms with Crippen LogP contribution >= 0.6 is 72.0 Å². The van der Waals surface area contributed by atoms with Gasteiger partial charge >= 0.3 is 12.2 Å². The number of rotatable bonds is 16. The fourth-order valence-electron chi connectivity index (χ4n) is 6.50. The predicted molar refractivity (Wildman–Crippen MR) is 315 cm³/mol. The van der Waals surface area contributed by atoms with E-state index in [1.807, 2.05) is 55.5 Å². The van der Waals surface area contributed by atoms with Crippen molar-refractivity contribution in [3.8, 4) is 6.07 Å². The van der Waals surface area contributed by atoms with Gasteiger partial charge in [0.05, 0.1) is 28.2 Å². The maximum atomic E-state index is 13.6. The molecule has 0 aliphatic rings. The molecule has 14 nitrogen and oxygen atoms in total. The van der Waals surface area contributed by atoms with Crippen molar-refractivity contribution in [3.05, 3.63) is 142 Å². The lowest BCUT2D eigenvalue weighted by Gasteiger charge is -2.27. The highest BCUT2D eigenvalue weighted by Gasteiger charge is 2.23. The average molecular weight is 1230 g/mol. The molecule has 0 fully saturated rings. The number of amides is 4. The molecule has 0 aliphatic heterocycles. The number of hydrogen-bond acceptors (Lipinski definition) is 10. The Hall–Kier alpha value is -5.28. The summed E-state index contributed by atoms with van der Waals surface area (Å²) in [5.74, 6) is -0.646. The standard InChI is InChI=1S/C24H25ClFN3O3.C23H24ClFN4O3.C3H9ISi.C2H3N.2H2S/c1-3-19(29(2)22(30)12-11-16-9-6-10-20(26)23(16)25)15-32-24(31)28-21-13-17-7-4-5-8-18(17)14-27-21;1-29(21(30)10-9-15-7-4-8-19(25)22(15)24)18(12-26)14-32-23(31)28-20-11-16-5-2-3-6-17(16)13-27-20;1-5(2,3)4;1-2-3;;/h4-10,13-14,19H,3,11-12,15H2,1-2H3,(H,27,28,31);2-8,11,13,18H,9-10,12,14,26H2,1H3,(H,27,28,31);1-3H3;1H3;2*1H2/t19-;18-;;;;/m00..../s1. The van der Waals surface area contributed by atoms with Crippen molar-refractivity contribution in [2.75, 3.05) is 44.5 Å². The third kappa shape index (κ3) is 23.5. The average Bonchev–Trinajstić information content (AvgIpc) is 3.34. The summed E-state index contributed by atoms with van der Waals surface area (Å²) in [5.41, 5.74) is 6.27. The van der Waals surface area contributed by atoms with Gasteiger partial charge in [-0.15, -0.1) is 21.8 Å². The number of aromatic nitrogens is 2. The number of halogens is 5. The van der Waals surface area contributed by atoms with Gasteiger partial charge in [-0.1, -0.05) is 123 Å². The second kappa shape index (κ2) is 34.3. The van der Waals surface area contributed by atoms with Gasteiger partial charge in [0.15, 0.2) is 0 Å². The van der Waals surface area contributed by atoms with Crippen molar-refractivity contribution >= 4 is 135 Å². The SMILES string of the molecule is CC#N.CC[C@@H](COC(=O)Nc1cc2ccccc2cn1)N(C)C(=O)CCc1cccc(F)c1Cl.CN(C(=O)CCc1cccc(F)c1Cl)[C@@H](CN)COC(=O)Nc1cc2ccccc2cn1.C[Si](C)(C)I.S.S. The van der Waals surface area contributed by atoms with E-state index in [1.54, 1.807) is 73.9 Å². The number of pyridine rings is 2. The summed E-state index contributed by atoms with van der Waals surface area (Å²) >= 11 is 14.4. The smallest absolute Gasteiger partial charge is 0.412 e. The number of nitrogens with two attached hydrogens (primary N) is 1. The van der Waals surface area contributed by atoms with E-state index in [-0.39, 0.29) is 93.9 Å². The Labute approximate surface area is 470 Å². The van der Waals surface area contributed by atoms with Crippen LogP contribution in [-0.2, 0) is 31.9 Å². The van der Waals surface area contributed by atoms with Gasteiger partial charge in [-0.3, -0.25) is 20.2 Å². The third-order valence-electron chi connectivity index (χ3n) is 10.4. The first kappa shape index (κ1) is 66.7. The molecule has 0 saturated carbocycles. The van der Waals surface area contributed by atoms with E-state index in [0.717, 1.165) is 21.5 Å². The van der Waals surface area contributed by atoms with Gasteiger partial charge in [-0.25, -0.2) is 28.3 Å². The zero-order valence-electron chi connectivity index (χ0n) is 42.4. The number of likely N-dealkylation sites (N-methyl/N-ethyl adjacent to an activating group) is 2. The molecule has 400 valence electrons. The van der Waals surface area contributed by atoms with Crippen LogP contribution in [0.3, 0.4) is 0 Å². The summed E-state index contributed by atoms with van der Waals surface area (Å²) in [6, 6.07) is 28.8. The van der Waals surface area contributed by atoms with Gasteiger partial charge in [-0.2, -0.15) is 32.3 Å². The topological polar surface area (TPSA) is 193 Å². The van der Waals surface area contributed by atoms with E-state index in [4.69, 9.17) is 43.7 Å². The van der Waals surface area contributed by atoms with Crippen LogP contribution in [0.4, 0.5) is 30.0 Å². The van der Waals surface area contributed by atoms with E-state index in [0.29, 0.717) is 35.6 Å². The molecule has 74 heavy (non-hydrogen) atoms. The summed E-state index contributed by atoms with van der Waals surface area (Å²) in [6.45, 7) is 10.3. The second-order valence-electron chi connectivity index (χ2n) is 17.0. The molecule has 0 aliphatic carbocycles. The van der Waals surface area contributed by atoms with Crippen LogP contribution in [0.1, 0.15) is 44.2 Å². The quantitative estimate of drug-likeness (QED) is 0.0477. The first-order valence-corrected chi connectivity index (χ1v) is 30.2. The molecule has 0 spiro atoms. The van der Waals surface area contributed by atoms with E-state index in [1.165, 1.54) is 24.0 Å². The predicted octanol–water partition coefficient (Wildman–Crippen LogP) is 12.5. The molecule has 6 aromatic rings. The molecule has 4 amide bonds. The minimum Gasteiger partial charge on any atom is -0.447 e. The highest BCUT2D eigenvalue weighted by molar-refractivity contribution is 14.1. The van der Waals surface area contributed by atoms with Gasteiger partial charge in [0.2, 0.25) is 11.8 Å². The number of aryl methyl sites for hydroxylation is 2. The van der Waals surface area contributed by atoms with Crippen molar-refractivity contribution in [2.45, 2.75) is 77.7 Å². The zero-order valence-corrected chi connectivity index (χ0v) is 49.0. The fraction of sp³-hybridized carbons (Fsp3) is 0.327. The molecule has 0 radical (unpaired) electrons. The van der Waals surface area contributed by atoms with E-state index in [9.17, 15) is 28.0 Å². The fourth-order valence-corrected chi connectivity index (χ4v) is 6.94. The van der Waals surface area contributed by atoms with E-state index >= 15 is 0 Å². The highest BCUT2D eigenvalue weighted by atomic mass is 127. The number of carbonyl (C=O) groups excluding carboxylic acids is 4. The lowest BCUT2D eigenvalue weighted by atomic mass is 10.1. The molecule has 4 aromatic carbocycles. The summed E-state index contributed by atoms with van der Waals surface area (Å²) in [4.78, 5) is 60.9. The minimum absolute atomic E-state index is 0. The van der Waals surface area contributed by atoms with Crippen LogP contribution < -0.4 is 16.4 Å². The third-order valence-corrected chi connectivity index (χ3v) is 11.3. The molecular weight excluding hydrogens is 1160 g/mol. The van der Waals surface area contributed by atoms with Gasteiger partial charge in [0, 0.05) is 63.6 Å². The second-order valence-corrected chi connectivity index (χ2v) is 31.6. The summed E-state index contributed by atoms with van der Waals surface area (Å²) in [6.07, 6.45) is 3.49. The largest absolute Gasteiger partial charge is 0.447 e. The zero-order chi connectivity index (χ0) is 53.4. The molecule has 2 aromatic heterocycles. The Morgan fingerprint density at radius 1 is 0.703 bits per heavy atom. The number of anilines is 2. The lowest BCUT2D eigenvalue weighted by molar-refractivity contribution is -0.133. The monoisotopic (exact) mass is 1220 g/mol. The minimum atomic E-state index is -0.696. The van der Waals surface area contributed by atoms with Crippen LogP contribution in [-0.4, -0.2) is 95.3 Å². The summed E-state index contributed by atoms with van der Waals surface area (Å²) in [7, 11) is 3.25. The van der Waals surface area contributed by atoms with Gasteiger partial charge in [-0.05, 0) is 65.4 Å².